The summed E-state index contributed by atoms with van der Waals surface area (Å²) in [5.74, 6) is 0. The van der Waals surface area contributed by atoms with E-state index in [4.69, 9.17) is 15.5 Å². The number of ether oxygens (including phenoxy) is 1. The average Bonchev–Trinajstić information content (AvgIpc) is 3.23. The van der Waals surface area contributed by atoms with Crippen LogP contribution in [0.3, 0.4) is 0 Å². The van der Waals surface area contributed by atoms with Gasteiger partial charge in [-0.3, -0.25) is 0 Å². The van der Waals surface area contributed by atoms with Gasteiger partial charge in [-0.05, 0) is 47.4 Å². The highest BCUT2D eigenvalue weighted by atomic mass is 32.1. The second-order valence-electron chi connectivity index (χ2n) is 7.75. The summed E-state index contributed by atoms with van der Waals surface area (Å²) in [6, 6.07) is 15.2. The summed E-state index contributed by atoms with van der Waals surface area (Å²) in [6.45, 7) is 5.49. The molecule has 0 saturated carbocycles. The van der Waals surface area contributed by atoms with Crippen LogP contribution in [-0.2, 0) is 24.1 Å². The van der Waals surface area contributed by atoms with Crippen molar-refractivity contribution in [2.24, 2.45) is 0 Å². The molecule has 5 rings (SSSR count). The van der Waals surface area contributed by atoms with E-state index in [0.29, 0.717) is 0 Å². The number of aromatic nitrogens is 1. The zero-order valence-corrected chi connectivity index (χ0v) is 17.3. The van der Waals surface area contributed by atoms with Gasteiger partial charge in [-0.25, -0.2) is 4.98 Å². The second kappa shape index (κ2) is 8.05. The molecule has 0 bridgehead atoms. The Labute approximate surface area is 175 Å². The lowest BCUT2D eigenvalue weighted by Gasteiger charge is -2.29. The van der Waals surface area contributed by atoms with Gasteiger partial charge >= 0.3 is 0 Å². The summed E-state index contributed by atoms with van der Waals surface area (Å²) in [5, 5.41) is 1.11. The van der Waals surface area contributed by atoms with Crippen molar-refractivity contribution in [3.05, 3.63) is 70.2 Å². The molecule has 0 unspecified atom stereocenters. The van der Waals surface area contributed by atoms with Crippen molar-refractivity contribution in [1.29, 1.82) is 0 Å². The number of hydrogen-bond acceptors (Lipinski definition) is 6. The third-order valence-electron chi connectivity index (χ3n) is 5.75. The average molecular weight is 407 g/mol. The van der Waals surface area contributed by atoms with Crippen LogP contribution in [0.25, 0.3) is 0 Å². The van der Waals surface area contributed by atoms with Crippen LogP contribution >= 0.6 is 11.3 Å². The van der Waals surface area contributed by atoms with E-state index in [1.165, 1.54) is 27.3 Å². The van der Waals surface area contributed by atoms with Gasteiger partial charge in [0.05, 0.1) is 13.2 Å². The molecule has 1 saturated heterocycles. The number of nitrogens with zero attached hydrogens (tertiary/aromatic N) is 3. The monoisotopic (exact) mass is 406 g/mol. The Hall–Kier alpha value is -2.57. The highest BCUT2D eigenvalue weighted by Gasteiger charge is 2.19. The largest absolute Gasteiger partial charge is 0.399 e. The molecule has 3 heterocycles. The summed E-state index contributed by atoms with van der Waals surface area (Å²) < 4.78 is 5.44. The van der Waals surface area contributed by atoms with E-state index in [0.717, 1.165) is 63.1 Å². The fraction of sp³-hybridized carbons (Fsp3) is 0.348. The molecule has 0 amide bonds. The number of thiazole rings is 1. The first-order valence-corrected chi connectivity index (χ1v) is 11.0. The minimum Gasteiger partial charge on any atom is -0.399 e. The number of anilines is 3. The van der Waals surface area contributed by atoms with Crippen molar-refractivity contribution in [2.75, 3.05) is 48.4 Å². The van der Waals surface area contributed by atoms with Crippen LogP contribution in [0.2, 0.25) is 0 Å². The summed E-state index contributed by atoms with van der Waals surface area (Å²) in [5.41, 5.74) is 12.2. The van der Waals surface area contributed by atoms with E-state index < -0.39 is 0 Å². The molecule has 1 fully saturated rings. The van der Waals surface area contributed by atoms with E-state index in [9.17, 15) is 0 Å². The van der Waals surface area contributed by atoms with Crippen LogP contribution in [0.1, 0.15) is 21.6 Å². The highest BCUT2D eigenvalue weighted by Crippen LogP contribution is 2.30. The fourth-order valence-electron chi connectivity index (χ4n) is 4.11. The maximum Gasteiger partial charge on any atom is 0.185 e. The van der Waals surface area contributed by atoms with Gasteiger partial charge in [0.2, 0.25) is 0 Å². The van der Waals surface area contributed by atoms with E-state index >= 15 is 0 Å². The van der Waals surface area contributed by atoms with Gasteiger partial charge in [0.25, 0.3) is 0 Å². The maximum absolute atomic E-state index is 5.97. The number of nitrogen functional groups attached to an aromatic ring is 1. The van der Waals surface area contributed by atoms with Crippen LogP contribution in [0, 0.1) is 0 Å². The van der Waals surface area contributed by atoms with Crippen molar-refractivity contribution in [3.63, 3.8) is 0 Å². The predicted molar refractivity (Wildman–Crippen MR) is 120 cm³/mol. The minimum absolute atomic E-state index is 0.818. The van der Waals surface area contributed by atoms with Gasteiger partial charge in [-0.15, -0.1) is 11.3 Å². The number of hydrogen-bond donors (Lipinski definition) is 1. The van der Waals surface area contributed by atoms with Crippen LogP contribution < -0.4 is 15.5 Å². The molecule has 0 aliphatic carbocycles. The van der Waals surface area contributed by atoms with Gasteiger partial charge in [0.15, 0.2) is 5.13 Å². The standard InChI is InChI=1S/C23H26N4OS/c24-20-4-3-18-7-8-27(16-19(18)14-20)23-25-15-22(29-23)13-17-1-5-21(6-2-17)26-9-11-28-12-10-26/h1-6,14-15H,7-13,16,24H2. The molecule has 0 radical (unpaired) electrons. The Bertz CT molecular complexity index is 979. The predicted octanol–water partition coefficient (Wildman–Crippen LogP) is 3.72. The van der Waals surface area contributed by atoms with E-state index in [1.54, 1.807) is 11.3 Å². The summed E-state index contributed by atoms with van der Waals surface area (Å²) >= 11 is 1.80. The van der Waals surface area contributed by atoms with Gasteiger partial charge in [-0.2, -0.15) is 0 Å². The SMILES string of the molecule is Nc1ccc2c(c1)CN(c1ncc(Cc3ccc(N4CCOCC4)cc3)s1)CC2. The fourth-order valence-corrected chi connectivity index (χ4v) is 5.08. The van der Waals surface area contributed by atoms with Crippen molar-refractivity contribution >= 4 is 27.8 Å². The zero-order valence-electron chi connectivity index (χ0n) is 16.5. The van der Waals surface area contributed by atoms with E-state index in [1.807, 2.05) is 12.3 Å². The molecule has 2 aromatic carbocycles. The smallest absolute Gasteiger partial charge is 0.185 e. The molecular weight excluding hydrogens is 380 g/mol. The molecular formula is C23H26N4OS. The van der Waals surface area contributed by atoms with Crippen molar-refractivity contribution < 1.29 is 4.74 Å². The van der Waals surface area contributed by atoms with E-state index in [-0.39, 0.29) is 0 Å². The zero-order chi connectivity index (χ0) is 19.6. The summed E-state index contributed by atoms with van der Waals surface area (Å²) in [7, 11) is 0. The molecule has 150 valence electrons. The molecule has 0 atom stereocenters. The molecule has 3 aromatic rings. The molecule has 2 aliphatic heterocycles. The Morgan fingerprint density at radius 3 is 2.62 bits per heavy atom. The van der Waals surface area contributed by atoms with Crippen molar-refractivity contribution in [3.8, 4) is 0 Å². The molecule has 6 heteroatoms. The molecule has 0 spiro atoms. The molecule has 1 aromatic heterocycles. The summed E-state index contributed by atoms with van der Waals surface area (Å²) in [4.78, 5) is 10.8. The topological polar surface area (TPSA) is 54.6 Å². The van der Waals surface area contributed by atoms with Crippen LogP contribution in [0.4, 0.5) is 16.5 Å². The lowest BCUT2D eigenvalue weighted by Crippen LogP contribution is -2.36. The second-order valence-corrected chi connectivity index (χ2v) is 8.85. The van der Waals surface area contributed by atoms with Gasteiger partial charge in [0.1, 0.15) is 0 Å². The lowest BCUT2D eigenvalue weighted by molar-refractivity contribution is 0.122. The maximum atomic E-state index is 5.97. The Morgan fingerprint density at radius 1 is 0.966 bits per heavy atom. The number of rotatable bonds is 4. The number of benzene rings is 2. The normalized spacial score (nSPS) is 16.7. The van der Waals surface area contributed by atoms with Crippen LogP contribution in [-0.4, -0.2) is 37.8 Å². The van der Waals surface area contributed by atoms with Crippen LogP contribution in [0.5, 0.6) is 0 Å². The van der Waals surface area contributed by atoms with Crippen molar-refractivity contribution in [2.45, 2.75) is 19.4 Å². The Morgan fingerprint density at radius 2 is 1.79 bits per heavy atom. The van der Waals surface area contributed by atoms with Gasteiger partial charge in [0, 0.05) is 55.0 Å². The number of morpholine rings is 1. The van der Waals surface area contributed by atoms with Crippen molar-refractivity contribution in [1.82, 2.24) is 4.98 Å². The third kappa shape index (κ3) is 4.09. The Kier molecular flexibility index (Phi) is 5.12. The molecule has 2 aliphatic rings. The van der Waals surface area contributed by atoms with E-state index in [2.05, 4.69) is 46.2 Å². The molecule has 5 nitrogen and oxygen atoms in total. The highest BCUT2D eigenvalue weighted by molar-refractivity contribution is 7.15. The minimum atomic E-state index is 0.818. The lowest BCUT2D eigenvalue weighted by atomic mass is 9.99. The number of nitrogens with two attached hydrogens (primary N) is 1. The summed E-state index contributed by atoms with van der Waals surface area (Å²) in [6.07, 6.45) is 4.01. The van der Waals surface area contributed by atoms with Gasteiger partial charge < -0.3 is 20.3 Å². The third-order valence-corrected chi connectivity index (χ3v) is 6.80. The first-order chi connectivity index (χ1) is 14.2. The first kappa shape index (κ1) is 18.5. The van der Waals surface area contributed by atoms with Crippen LogP contribution in [0.15, 0.2) is 48.7 Å². The molecule has 29 heavy (non-hydrogen) atoms. The quantitative estimate of drug-likeness (QED) is 0.670. The Balaban J connectivity index is 1.25. The molecule has 2 N–H and O–H groups in total. The van der Waals surface area contributed by atoms with Gasteiger partial charge in [-0.1, -0.05) is 18.2 Å². The number of fused-ring (bicyclic) bond motifs is 1. The first-order valence-electron chi connectivity index (χ1n) is 10.2.